The van der Waals surface area contributed by atoms with Crippen molar-refractivity contribution in [2.45, 2.75) is 25.7 Å². The van der Waals surface area contributed by atoms with Crippen LogP contribution in [0, 0.1) is 5.82 Å². The predicted molar refractivity (Wildman–Crippen MR) is 62.2 cm³/mol. The maximum absolute atomic E-state index is 12.7. The van der Waals surface area contributed by atoms with Crippen molar-refractivity contribution in [3.05, 3.63) is 48.4 Å². The van der Waals surface area contributed by atoms with Crippen molar-refractivity contribution in [1.29, 1.82) is 0 Å². The van der Waals surface area contributed by atoms with Gasteiger partial charge in [-0.3, -0.25) is 0 Å². The minimum atomic E-state index is -0.169. The van der Waals surface area contributed by atoms with Crippen LogP contribution in [-0.4, -0.2) is 6.54 Å². The highest BCUT2D eigenvalue weighted by Gasteiger charge is 2.08. The second-order valence-electron chi connectivity index (χ2n) is 3.60. The van der Waals surface area contributed by atoms with Crippen molar-refractivity contribution in [2.24, 2.45) is 0 Å². The summed E-state index contributed by atoms with van der Waals surface area (Å²) in [6.07, 6.45) is 3.83. The van der Waals surface area contributed by atoms with Gasteiger partial charge in [0, 0.05) is 6.54 Å². The molecule has 0 spiro atoms. The first-order valence-electron chi connectivity index (χ1n) is 5.37. The van der Waals surface area contributed by atoms with Crippen LogP contribution in [0.3, 0.4) is 0 Å². The van der Waals surface area contributed by atoms with Crippen molar-refractivity contribution in [1.82, 2.24) is 5.32 Å². The molecule has 1 aromatic carbocycles. The summed E-state index contributed by atoms with van der Waals surface area (Å²) in [5.74, 6) is 0.330. The van der Waals surface area contributed by atoms with E-state index in [4.69, 9.17) is 0 Å². The monoisotopic (exact) mass is 207 g/mol. The normalized spacial score (nSPS) is 12.1. The summed E-state index contributed by atoms with van der Waals surface area (Å²) in [4.78, 5) is 0. The van der Waals surface area contributed by atoms with Crippen molar-refractivity contribution in [3.63, 3.8) is 0 Å². The van der Waals surface area contributed by atoms with Crippen LogP contribution >= 0.6 is 0 Å². The lowest BCUT2D eigenvalue weighted by Crippen LogP contribution is -2.10. The van der Waals surface area contributed by atoms with Gasteiger partial charge in [0.25, 0.3) is 0 Å². The average molecular weight is 207 g/mol. The van der Waals surface area contributed by atoms with Crippen LogP contribution in [0.4, 0.5) is 4.39 Å². The summed E-state index contributed by atoms with van der Waals surface area (Å²) < 4.78 is 12.7. The summed E-state index contributed by atoms with van der Waals surface area (Å²) in [5.41, 5.74) is 1.21. The van der Waals surface area contributed by atoms with Gasteiger partial charge in [-0.1, -0.05) is 25.6 Å². The SMILES string of the molecule is C=CNCCC(CC)c1ccc(F)cc1. The minimum Gasteiger partial charge on any atom is -0.391 e. The molecule has 0 aliphatic rings. The van der Waals surface area contributed by atoms with E-state index in [2.05, 4.69) is 18.8 Å². The average Bonchev–Trinajstić information content (AvgIpc) is 2.26. The summed E-state index contributed by atoms with van der Waals surface area (Å²) in [5, 5.41) is 3.08. The number of hydrogen-bond acceptors (Lipinski definition) is 1. The van der Waals surface area contributed by atoms with Crippen LogP contribution in [-0.2, 0) is 0 Å². The summed E-state index contributed by atoms with van der Waals surface area (Å²) >= 11 is 0. The quantitative estimate of drug-likeness (QED) is 0.704. The van der Waals surface area contributed by atoms with E-state index in [0.29, 0.717) is 5.92 Å². The molecule has 0 amide bonds. The van der Waals surface area contributed by atoms with Crippen molar-refractivity contribution >= 4 is 0 Å². The van der Waals surface area contributed by atoms with Crippen molar-refractivity contribution < 1.29 is 4.39 Å². The van der Waals surface area contributed by atoms with E-state index in [0.717, 1.165) is 19.4 Å². The van der Waals surface area contributed by atoms with Crippen molar-refractivity contribution in [2.75, 3.05) is 6.54 Å². The standard InChI is InChI=1S/C13H18FN/c1-3-11(9-10-15-4-2)12-5-7-13(14)8-6-12/h4-8,11,15H,2-3,9-10H2,1H3. The molecule has 15 heavy (non-hydrogen) atoms. The van der Waals surface area contributed by atoms with Crippen LogP contribution in [0.15, 0.2) is 37.0 Å². The molecule has 1 rings (SSSR count). The van der Waals surface area contributed by atoms with Gasteiger partial charge >= 0.3 is 0 Å². The Kier molecular flexibility index (Phi) is 4.88. The number of hydrogen-bond donors (Lipinski definition) is 1. The van der Waals surface area contributed by atoms with E-state index in [9.17, 15) is 4.39 Å². The molecule has 1 unspecified atom stereocenters. The second-order valence-corrected chi connectivity index (χ2v) is 3.60. The third-order valence-corrected chi connectivity index (χ3v) is 2.62. The van der Waals surface area contributed by atoms with Gasteiger partial charge in [0.15, 0.2) is 0 Å². The first-order chi connectivity index (χ1) is 7.27. The third-order valence-electron chi connectivity index (χ3n) is 2.62. The zero-order chi connectivity index (χ0) is 11.1. The summed E-state index contributed by atoms with van der Waals surface area (Å²) in [6, 6.07) is 6.80. The van der Waals surface area contributed by atoms with E-state index in [1.807, 2.05) is 12.1 Å². The molecule has 0 bridgehead atoms. The first kappa shape index (κ1) is 11.8. The van der Waals surface area contributed by atoms with E-state index in [1.54, 1.807) is 6.20 Å². The zero-order valence-electron chi connectivity index (χ0n) is 9.17. The fourth-order valence-electron chi connectivity index (χ4n) is 1.70. The smallest absolute Gasteiger partial charge is 0.123 e. The Morgan fingerprint density at radius 3 is 2.60 bits per heavy atom. The number of nitrogens with one attached hydrogen (secondary N) is 1. The third kappa shape index (κ3) is 3.74. The van der Waals surface area contributed by atoms with Crippen LogP contribution < -0.4 is 5.32 Å². The molecule has 1 nitrogen and oxygen atoms in total. The molecule has 82 valence electrons. The van der Waals surface area contributed by atoms with Gasteiger partial charge in [0.2, 0.25) is 0 Å². The molecule has 0 aliphatic heterocycles. The van der Waals surface area contributed by atoms with Gasteiger partial charge in [-0.15, -0.1) is 0 Å². The Morgan fingerprint density at radius 1 is 1.40 bits per heavy atom. The number of rotatable bonds is 6. The van der Waals surface area contributed by atoms with E-state index in [1.165, 1.54) is 17.7 Å². The van der Waals surface area contributed by atoms with Crippen molar-refractivity contribution in [3.8, 4) is 0 Å². The Labute approximate surface area is 91.0 Å². The molecule has 1 aromatic rings. The summed E-state index contributed by atoms with van der Waals surface area (Å²) in [6.45, 7) is 6.68. The Balaban J connectivity index is 2.57. The largest absolute Gasteiger partial charge is 0.391 e. The highest BCUT2D eigenvalue weighted by atomic mass is 19.1. The number of benzene rings is 1. The molecule has 1 atom stereocenters. The first-order valence-corrected chi connectivity index (χ1v) is 5.37. The molecule has 0 radical (unpaired) electrons. The van der Waals surface area contributed by atoms with Crippen LogP contribution in [0.5, 0.6) is 0 Å². The maximum atomic E-state index is 12.7. The van der Waals surface area contributed by atoms with Crippen LogP contribution in [0.25, 0.3) is 0 Å². The summed E-state index contributed by atoms with van der Waals surface area (Å²) in [7, 11) is 0. The topological polar surface area (TPSA) is 12.0 Å². The fraction of sp³-hybridized carbons (Fsp3) is 0.385. The molecule has 0 aromatic heterocycles. The Morgan fingerprint density at radius 2 is 2.07 bits per heavy atom. The Hall–Kier alpha value is -1.31. The predicted octanol–water partition coefficient (Wildman–Crippen LogP) is 3.44. The fourth-order valence-corrected chi connectivity index (χ4v) is 1.70. The molecule has 0 fully saturated rings. The highest BCUT2D eigenvalue weighted by molar-refractivity contribution is 5.20. The van der Waals surface area contributed by atoms with Gasteiger partial charge in [-0.2, -0.15) is 0 Å². The maximum Gasteiger partial charge on any atom is 0.123 e. The molecule has 0 aliphatic carbocycles. The lowest BCUT2D eigenvalue weighted by molar-refractivity contribution is 0.585. The van der Waals surface area contributed by atoms with Gasteiger partial charge in [-0.25, -0.2) is 4.39 Å². The highest BCUT2D eigenvalue weighted by Crippen LogP contribution is 2.22. The molecule has 0 saturated carbocycles. The molecule has 2 heteroatoms. The van der Waals surface area contributed by atoms with E-state index >= 15 is 0 Å². The van der Waals surface area contributed by atoms with Gasteiger partial charge < -0.3 is 5.32 Å². The zero-order valence-corrected chi connectivity index (χ0v) is 9.17. The Bertz CT molecular complexity index is 292. The molecule has 0 saturated heterocycles. The van der Waals surface area contributed by atoms with Gasteiger partial charge in [0.05, 0.1) is 0 Å². The second kappa shape index (κ2) is 6.23. The van der Waals surface area contributed by atoms with Gasteiger partial charge in [-0.05, 0) is 42.7 Å². The lowest BCUT2D eigenvalue weighted by Gasteiger charge is -2.15. The molecular weight excluding hydrogens is 189 g/mol. The van der Waals surface area contributed by atoms with Crippen LogP contribution in [0.2, 0.25) is 0 Å². The molecular formula is C13H18FN. The van der Waals surface area contributed by atoms with E-state index in [-0.39, 0.29) is 5.82 Å². The molecule has 0 heterocycles. The number of halogens is 1. The lowest BCUT2D eigenvalue weighted by atomic mass is 9.93. The van der Waals surface area contributed by atoms with Gasteiger partial charge in [0.1, 0.15) is 5.82 Å². The minimum absolute atomic E-state index is 0.169. The van der Waals surface area contributed by atoms with Crippen LogP contribution in [0.1, 0.15) is 31.2 Å². The van der Waals surface area contributed by atoms with E-state index < -0.39 is 0 Å². The molecule has 1 N–H and O–H groups in total.